The maximum atomic E-state index is 3.65. The highest BCUT2D eigenvalue weighted by Gasteiger charge is 2.24. The first-order valence-corrected chi connectivity index (χ1v) is 6.67. The van der Waals surface area contributed by atoms with E-state index in [9.17, 15) is 0 Å². The van der Waals surface area contributed by atoms with Crippen molar-refractivity contribution in [2.45, 2.75) is 19.9 Å². The zero-order valence-electron chi connectivity index (χ0n) is 11.4. The molecule has 1 aromatic carbocycles. The first-order valence-electron chi connectivity index (χ1n) is 6.67. The Kier molecular flexibility index (Phi) is 2.88. The van der Waals surface area contributed by atoms with Crippen molar-refractivity contribution in [3.63, 3.8) is 0 Å². The van der Waals surface area contributed by atoms with E-state index in [4.69, 9.17) is 0 Å². The van der Waals surface area contributed by atoms with Crippen molar-refractivity contribution in [1.29, 1.82) is 0 Å². The number of fused-ring (bicyclic) bond motifs is 1. The number of hydrogen-bond acceptors (Lipinski definition) is 2. The number of nitrogens with one attached hydrogen (secondary N) is 2. The molecule has 1 atom stereocenters. The fourth-order valence-corrected chi connectivity index (χ4v) is 2.98. The van der Waals surface area contributed by atoms with Crippen molar-refractivity contribution < 1.29 is 0 Å². The SMILES string of the molecule is Cc1c(C2CNCCN2C)[nH]c2c(C)cccc12. The van der Waals surface area contributed by atoms with Crippen LogP contribution in [0.25, 0.3) is 10.9 Å². The number of aryl methyl sites for hydroxylation is 2. The van der Waals surface area contributed by atoms with E-state index in [1.165, 1.54) is 27.7 Å². The maximum absolute atomic E-state index is 3.65. The molecule has 2 aromatic rings. The molecular formula is C15H21N3. The Balaban J connectivity index is 2.11. The van der Waals surface area contributed by atoms with Gasteiger partial charge in [-0.2, -0.15) is 0 Å². The van der Waals surface area contributed by atoms with E-state index in [0.29, 0.717) is 6.04 Å². The summed E-state index contributed by atoms with van der Waals surface area (Å²) in [6.45, 7) is 7.63. The fourth-order valence-electron chi connectivity index (χ4n) is 2.98. The Morgan fingerprint density at radius 1 is 1.28 bits per heavy atom. The maximum Gasteiger partial charge on any atom is 0.0625 e. The van der Waals surface area contributed by atoms with Crippen LogP contribution in [0, 0.1) is 13.8 Å². The number of rotatable bonds is 1. The van der Waals surface area contributed by atoms with Gasteiger partial charge >= 0.3 is 0 Å². The summed E-state index contributed by atoms with van der Waals surface area (Å²) in [6.07, 6.45) is 0. The average Bonchev–Trinajstić information content (AvgIpc) is 2.70. The Hall–Kier alpha value is -1.32. The molecule has 2 heterocycles. The van der Waals surface area contributed by atoms with Crippen molar-refractivity contribution in [3.8, 4) is 0 Å². The monoisotopic (exact) mass is 243 g/mol. The van der Waals surface area contributed by atoms with Gasteiger partial charge in [-0.05, 0) is 32.0 Å². The summed E-state index contributed by atoms with van der Waals surface area (Å²) in [5, 5.41) is 4.85. The number of nitrogens with zero attached hydrogens (tertiary/aromatic N) is 1. The molecule has 1 unspecified atom stereocenters. The van der Waals surface area contributed by atoms with Crippen LogP contribution in [0.3, 0.4) is 0 Å². The highest BCUT2D eigenvalue weighted by atomic mass is 15.2. The van der Waals surface area contributed by atoms with Crippen LogP contribution in [0.5, 0.6) is 0 Å². The molecular weight excluding hydrogens is 222 g/mol. The minimum absolute atomic E-state index is 0.463. The molecule has 0 saturated carbocycles. The number of hydrogen-bond donors (Lipinski definition) is 2. The molecule has 96 valence electrons. The van der Waals surface area contributed by atoms with Crippen LogP contribution in [0.1, 0.15) is 22.9 Å². The van der Waals surface area contributed by atoms with E-state index < -0.39 is 0 Å². The lowest BCUT2D eigenvalue weighted by atomic mass is 10.0. The van der Waals surface area contributed by atoms with Gasteiger partial charge in [0, 0.05) is 36.2 Å². The molecule has 0 bridgehead atoms. The van der Waals surface area contributed by atoms with Gasteiger partial charge in [0.15, 0.2) is 0 Å². The summed E-state index contributed by atoms with van der Waals surface area (Å²) in [7, 11) is 2.21. The summed E-state index contributed by atoms with van der Waals surface area (Å²) in [5.74, 6) is 0. The molecule has 0 radical (unpaired) electrons. The Labute approximate surface area is 108 Å². The Bertz CT molecular complexity index is 570. The summed E-state index contributed by atoms with van der Waals surface area (Å²) in [5.41, 5.74) is 5.39. The Morgan fingerprint density at radius 2 is 2.11 bits per heavy atom. The summed E-state index contributed by atoms with van der Waals surface area (Å²) < 4.78 is 0. The number of benzene rings is 1. The van der Waals surface area contributed by atoms with Gasteiger partial charge in [0.25, 0.3) is 0 Å². The largest absolute Gasteiger partial charge is 0.357 e. The molecule has 2 N–H and O–H groups in total. The van der Waals surface area contributed by atoms with Gasteiger partial charge in [0.05, 0.1) is 6.04 Å². The van der Waals surface area contributed by atoms with Crippen LogP contribution in [0.4, 0.5) is 0 Å². The van der Waals surface area contributed by atoms with Gasteiger partial charge in [-0.3, -0.25) is 4.90 Å². The summed E-state index contributed by atoms with van der Waals surface area (Å²) in [4.78, 5) is 6.08. The quantitative estimate of drug-likeness (QED) is 0.805. The number of likely N-dealkylation sites (N-methyl/N-ethyl adjacent to an activating group) is 1. The van der Waals surface area contributed by atoms with Crippen molar-refractivity contribution >= 4 is 10.9 Å². The van der Waals surface area contributed by atoms with Crippen LogP contribution in [0.2, 0.25) is 0 Å². The smallest absolute Gasteiger partial charge is 0.0625 e. The molecule has 0 aliphatic carbocycles. The second-order valence-electron chi connectivity index (χ2n) is 5.36. The van der Waals surface area contributed by atoms with Crippen molar-refractivity contribution in [2.75, 3.05) is 26.7 Å². The van der Waals surface area contributed by atoms with Gasteiger partial charge < -0.3 is 10.3 Å². The van der Waals surface area contributed by atoms with Gasteiger partial charge in [-0.1, -0.05) is 18.2 Å². The highest BCUT2D eigenvalue weighted by Crippen LogP contribution is 2.30. The van der Waals surface area contributed by atoms with E-state index in [1.807, 2.05) is 0 Å². The molecule has 1 aromatic heterocycles. The third-order valence-electron chi connectivity index (χ3n) is 4.18. The third kappa shape index (κ3) is 1.74. The van der Waals surface area contributed by atoms with E-state index >= 15 is 0 Å². The van der Waals surface area contributed by atoms with Crippen molar-refractivity contribution in [1.82, 2.24) is 15.2 Å². The fraction of sp³-hybridized carbons (Fsp3) is 0.467. The average molecular weight is 243 g/mol. The number of piperazine rings is 1. The second kappa shape index (κ2) is 4.41. The molecule has 1 fully saturated rings. The molecule has 1 saturated heterocycles. The standard InChI is InChI=1S/C15H21N3/c1-10-5-4-6-12-11(2)15(17-14(10)12)13-9-16-7-8-18(13)3/h4-6,13,16-17H,7-9H2,1-3H3. The lowest BCUT2D eigenvalue weighted by Gasteiger charge is -2.33. The first-order chi connectivity index (χ1) is 8.68. The van der Waals surface area contributed by atoms with Gasteiger partial charge in [-0.25, -0.2) is 0 Å². The number of aromatic nitrogens is 1. The predicted octanol–water partition coefficient (Wildman–Crippen LogP) is 2.36. The second-order valence-corrected chi connectivity index (χ2v) is 5.36. The van der Waals surface area contributed by atoms with Crippen molar-refractivity contribution in [2.24, 2.45) is 0 Å². The topological polar surface area (TPSA) is 31.1 Å². The van der Waals surface area contributed by atoms with E-state index in [1.54, 1.807) is 0 Å². The molecule has 0 amide bonds. The van der Waals surface area contributed by atoms with E-state index in [0.717, 1.165) is 19.6 Å². The van der Waals surface area contributed by atoms with E-state index in [2.05, 4.69) is 54.3 Å². The normalized spacial score (nSPS) is 21.6. The molecule has 1 aliphatic heterocycles. The molecule has 3 rings (SSSR count). The lowest BCUT2D eigenvalue weighted by Crippen LogP contribution is -2.44. The van der Waals surface area contributed by atoms with Crippen LogP contribution in [-0.4, -0.2) is 36.6 Å². The van der Waals surface area contributed by atoms with Crippen molar-refractivity contribution in [3.05, 3.63) is 35.0 Å². The van der Waals surface area contributed by atoms with Crippen LogP contribution >= 0.6 is 0 Å². The lowest BCUT2D eigenvalue weighted by molar-refractivity contribution is 0.198. The molecule has 18 heavy (non-hydrogen) atoms. The molecule has 1 aliphatic rings. The van der Waals surface area contributed by atoms with Crippen LogP contribution in [0.15, 0.2) is 18.2 Å². The number of aromatic amines is 1. The zero-order chi connectivity index (χ0) is 12.7. The van der Waals surface area contributed by atoms with Gasteiger partial charge in [0.2, 0.25) is 0 Å². The number of para-hydroxylation sites is 1. The third-order valence-corrected chi connectivity index (χ3v) is 4.18. The predicted molar refractivity (Wildman–Crippen MR) is 76.0 cm³/mol. The minimum atomic E-state index is 0.463. The summed E-state index contributed by atoms with van der Waals surface area (Å²) in [6, 6.07) is 7.00. The number of H-pyrrole nitrogens is 1. The van der Waals surface area contributed by atoms with Gasteiger partial charge in [-0.15, -0.1) is 0 Å². The Morgan fingerprint density at radius 3 is 2.83 bits per heavy atom. The van der Waals surface area contributed by atoms with E-state index in [-0.39, 0.29) is 0 Å². The van der Waals surface area contributed by atoms with Crippen LogP contribution < -0.4 is 5.32 Å². The highest BCUT2D eigenvalue weighted by molar-refractivity contribution is 5.87. The van der Waals surface area contributed by atoms with Gasteiger partial charge in [0.1, 0.15) is 0 Å². The first kappa shape index (κ1) is 11.8. The zero-order valence-corrected chi connectivity index (χ0v) is 11.4. The minimum Gasteiger partial charge on any atom is -0.357 e. The summed E-state index contributed by atoms with van der Waals surface area (Å²) >= 11 is 0. The van der Waals surface area contributed by atoms with Crippen LogP contribution in [-0.2, 0) is 0 Å². The molecule has 3 nitrogen and oxygen atoms in total. The molecule has 0 spiro atoms. The molecule has 3 heteroatoms.